The van der Waals surface area contributed by atoms with Crippen molar-refractivity contribution in [2.24, 2.45) is 0 Å². The molecule has 0 radical (unpaired) electrons. The number of hydrogen-bond acceptors (Lipinski definition) is 3. The van der Waals surface area contributed by atoms with E-state index >= 15 is 0 Å². The summed E-state index contributed by atoms with van der Waals surface area (Å²) in [5.41, 5.74) is 4.20. The molecule has 6 heteroatoms. The van der Waals surface area contributed by atoms with E-state index in [1.54, 1.807) is 0 Å². The maximum Gasteiger partial charge on any atom is 0.317 e. The van der Waals surface area contributed by atoms with Crippen LogP contribution in [0.1, 0.15) is 55.6 Å². The van der Waals surface area contributed by atoms with Gasteiger partial charge in [0.05, 0.1) is 24.9 Å². The van der Waals surface area contributed by atoms with Gasteiger partial charge in [0, 0.05) is 24.3 Å². The van der Waals surface area contributed by atoms with Crippen molar-refractivity contribution in [2.45, 2.75) is 52.5 Å². The Hall–Kier alpha value is -1.82. The Morgan fingerprint density at radius 2 is 2.21 bits per heavy atom. The lowest BCUT2D eigenvalue weighted by molar-refractivity contribution is 0.147. The summed E-state index contributed by atoms with van der Waals surface area (Å²) in [7, 11) is 0. The molecule has 0 aromatic carbocycles. The highest BCUT2D eigenvalue weighted by atomic mass is 16.5. The number of hydrogen-bond donors (Lipinski definition) is 2. The second kappa shape index (κ2) is 8.87. The number of aromatic amines is 1. The second-order valence-electron chi connectivity index (χ2n) is 6.65. The number of carbonyl (C=O) groups is 1. The molecule has 0 bridgehead atoms. The van der Waals surface area contributed by atoms with Gasteiger partial charge in [-0.1, -0.05) is 25.0 Å². The third kappa shape index (κ3) is 4.84. The van der Waals surface area contributed by atoms with Crippen LogP contribution in [0.25, 0.3) is 0 Å². The zero-order valence-corrected chi connectivity index (χ0v) is 15.2. The van der Waals surface area contributed by atoms with E-state index in [0.29, 0.717) is 19.8 Å². The van der Waals surface area contributed by atoms with Gasteiger partial charge in [-0.2, -0.15) is 5.10 Å². The predicted molar refractivity (Wildman–Crippen MR) is 95.0 cm³/mol. The van der Waals surface area contributed by atoms with Crippen molar-refractivity contribution in [1.29, 1.82) is 0 Å². The van der Waals surface area contributed by atoms with Gasteiger partial charge >= 0.3 is 6.03 Å². The number of rotatable bonds is 6. The van der Waals surface area contributed by atoms with Crippen LogP contribution in [0.3, 0.4) is 0 Å². The van der Waals surface area contributed by atoms with Gasteiger partial charge in [-0.15, -0.1) is 0 Å². The van der Waals surface area contributed by atoms with Crippen LogP contribution in [0.5, 0.6) is 0 Å². The number of likely N-dealkylation sites (tertiary alicyclic amines) is 1. The van der Waals surface area contributed by atoms with E-state index in [9.17, 15) is 4.79 Å². The van der Waals surface area contributed by atoms with E-state index in [1.165, 1.54) is 5.56 Å². The Morgan fingerprint density at radius 3 is 2.88 bits per heavy atom. The molecule has 134 valence electrons. The molecule has 1 fully saturated rings. The summed E-state index contributed by atoms with van der Waals surface area (Å²) in [4.78, 5) is 14.7. The first kappa shape index (κ1) is 18.5. The number of amides is 2. The summed E-state index contributed by atoms with van der Waals surface area (Å²) in [5, 5.41) is 10.3. The summed E-state index contributed by atoms with van der Waals surface area (Å²) in [6.07, 6.45) is 4.34. The molecule has 0 spiro atoms. The highest BCUT2D eigenvalue weighted by molar-refractivity contribution is 5.75. The number of nitrogens with one attached hydrogen (secondary N) is 2. The molecule has 0 aliphatic carbocycles. The molecule has 1 aromatic rings. The molecule has 2 rings (SSSR count). The second-order valence-corrected chi connectivity index (χ2v) is 6.65. The summed E-state index contributed by atoms with van der Waals surface area (Å²) in [6.45, 7) is 12.1. The van der Waals surface area contributed by atoms with Crippen molar-refractivity contribution in [3.8, 4) is 0 Å². The van der Waals surface area contributed by atoms with Crippen molar-refractivity contribution >= 4 is 6.03 Å². The molecule has 24 heavy (non-hydrogen) atoms. The first-order valence-electron chi connectivity index (χ1n) is 8.78. The maximum atomic E-state index is 12.7. The van der Waals surface area contributed by atoms with Crippen molar-refractivity contribution in [2.75, 3.05) is 26.3 Å². The van der Waals surface area contributed by atoms with Crippen LogP contribution in [0.15, 0.2) is 12.2 Å². The number of aromatic nitrogens is 2. The molecule has 1 aliphatic rings. The summed E-state index contributed by atoms with van der Waals surface area (Å²) < 4.78 is 5.45. The highest BCUT2D eigenvalue weighted by Gasteiger charge is 2.29. The Bertz CT molecular complexity index is 548. The SMILES string of the molecule is C=C(C)COCCNC(=O)N1CCCCC[C@H]1c1c(C)n[nH]c1C. The van der Waals surface area contributed by atoms with Gasteiger partial charge in [-0.3, -0.25) is 5.10 Å². The normalized spacial score (nSPS) is 18.3. The maximum absolute atomic E-state index is 12.7. The molecule has 2 amide bonds. The predicted octanol–water partition coefficient (Wildman–Crippen LogP) is 3.25. The van der Waals surface area contributed by atoms with Gasteiger partial charge < -0.3 is 15.0 Å². The first-order chi connectivity index (χ1) is 11.5. The number of nitrogens with zero attached hydrogens (tertiary/aromatic N) is 2. The number of urea groups is 1. The van der Waals surface area contributed by atoms with Crippen LogP contribution in [0, 0.1) is 13.8 Å². The fourth-order valence-electron chi connectivity index (χ4n) is 3.28. The zero-order valence-electron chi connectivity index (χ0n) is 15.2. The quantitative estimate of drug-likeness (QED) is 0.620. The fraction of sp³-hybridized carbons (Fsp3) is 0.667. The minimum atomic E-state index is -0.0131. The lowest BCUT2D eigenvalue weighted by Gasteiger charge is -2.30. The first-order valence-corrected chi connectivity index (χ1v) is 8.78. The molecule has 2 N–H and O–H groups in total. The van der Waals surface area contributed by atoms with E-state index in [-0.39, 0.29) is 12.1 Å². The largest absolute Gasteiger partial charge is 0.375 e. The molecule has 1 aromatic heterocycles. The number of aryl methyl sites for hydroxylation is 2. The number of H-pyrrole nitrogens is 1. The molecule has 2 heterocycles. The topological polar surface area (TPSA) is 70.2 Å². The summed E-state index contributed by atoms with van der Waals surface area (Å²) >= 11 is 0. The van der Waals surface area contributed by atoms with Crippen LogP contribution >= 0.6 is 0 Å². The van der Waals surface area contributed by atoms with E-state index in [0.717, 1.165) is 49.2 Å². The average molecular weight is 334 g/mol. The lowest BCUT2D eigenvalue weighted by Crippen LogP contribution is -2.43. The number of ether oxygens (including phenoxy) is 1. The van der Waals surface area contributed by atoms with Crippen LogP contribution < -0.4 is 5.32 Å². The Balaban J connectivity index is 1.98. The Kier molecular flexibility index (Phi) is 6.85. The smallest absolute Gasteiger partial charge is 0.317 e. The van der Waals surface area contributed by atoms with Crippen molar-refractivity contribution in [1.82, 2.24) is 20.4 Å². The van der Waals surface area contributed by atoms with Gasteiger partial charge in [-0.25, -0.2) is 4.79 Å². The minimum Gasteiger partial charge on any atom is -0.375 e. The van der Waals surface area contributed by atoms with E-state index in [2.05, 4.69) is 22.1 Å². The fourth-order valence-corrected chi connectivity index (χ4v) is 3.28. The van der Waals surface area contributed by atoms with Gasteiger partial charge in [0.2, 0.25) is 0 Å². The van der Waals surface area contributed by atoms with E-state index in [1.807, 2.05) is 25.7 Å². The average Bonchev–Trinajstić information content (AvgIpc) is 2.75. The standard InChI is InChI=1S/C18H30N4O2/c1-13(2)12-24-11-9-19-18(23)22-10-7-5-6-8-16(22)17-14(3)20-21-15(17)4/h16H,1,5-12H2,2-4H3,(H,19,23)(H,20,21)/t16-/m0/s1. The molecular weight excluding hydrogens is 304 g/mol. The molecule has 1 atom stereocenters. The van der Waals surface area contributed by atoms with Gasteiger partial charge in [-0.05, 0) is 33.6 Å². The van der Waals surface area contributed by atoms with Gasteiger partial charge in [0.1, 0.15) is 0 Å². The minimum absolute atomic E-state index is 0.0131. The van der Waals surface area contributed by atoms with Crippen LogP contribution in [0.2, 0.25) is 0 Å². The van der Waals surface area contributed by atoms with Gasteiger partial charge in [0.15, 0.2) is 0 Å². The van der Waals surface area contributed by atoms with Crippen LogP contribution in [-0.2, 0) is 4.74 Å². The monoisotopic (exact) mass is 334 g/mol. The number of carbonyl (C=O) groups excluding carboxylic acids is 1. The molecule has 1 saturated heterocycles. The van der Waals surface area contributed by atoms with Crippen molar-refractivity contribution in [3.05, 3.63) is 29.1 Å². The van der Waals surface area contributed by atoms with Crippen LogP contribution in [-0.4, -0.2) is 47.4 Å². The third-order valence-electron chi connectivity index (χ3n) is 4.40. The molecule has 0 unspecified atom stereocenters. The lowest BCUT2D eigenvalue weighted by atomic mass is 9.99. The summed E-state index contributed by atoms with van der Waals surface area (Å²) in [6, 6.07) is 0.0865. The van der Waals surface area contributed by atoms with Crippen LogP contribution in [0.4, 0.5) is 4.79 Å². The van der Waals surface area contributed by atoms with E-state index in [4.69, 9.17) is 4.74 Å². The molecular formula is C18H30N4O2. The molecule has 6 nitrogen and oxygen atoms in total. The summed E-state index contributed by atoms with van der Waals surface area (Å²) in [5.74, 6) is 0. The molecule has 1 aliphatic heterocycles. The Labute approximate surface area is 144 Å². The highest BCUT2D eigenvalue weighted by Crippen LogP contribution is 2.33. The zero-order chi connectivity index (χ0) is 17.5. The van der Waals surface area contributed by atoms with Gasteiger partial charge in [0.25, 0.3) is 0 Å². The molecule has 0 saturated carbocycles. The van der Waals surface area contributed by atoms with Crippen molar-refractivity contribution < 1.29 is 9.53 Å². The Morgan fingerprint density at radius 1 is 1.42 bits per heavy atom. The van der Waals surface area contributed by atoms with Crippen molar-refractivity contribution in [3.63, 3.8) is 0 Å². The third-order valence-corrected chi connectivity index (χ3v) is 4.40. The van der Waals surface area contributed by atoms with E-state index < -0.39 is 0 Å².